The van der Waals surface area contributed by atoms with Crippen LogP contribution in [0.5, 0.6) is 0 Å². The van der Waals surface area contributed by atoms with Crippen LogP contribution in [-0.4, -0.2) is 31.4 Å². The lowest BCUT2D eigenvalue weighted by Crippen LogP contribution is -2.43. The molecule has 1 aliphatic heterocycles. The molecule has 6 nitrogen and oxygen atoms in total. The van der Waals surface area contributed by atoms with Crippen molar-refractivity contribution in [3.05, 3.63) is 58.2 Å². The van der Waals surface area contributed by atoms with Crippen LogP contribution in [0.1, 0.15) is 38.7 Å². The number of hydrogen-bond donors (Lipinski definition) is 1. The molecule has 0 radical (unpaired) electrons. The van der Waals surface area contributed by atoms with Crippen molar-refractivity contribution in [3.8, 4) is 0 Å². The van der Waals surface area contributed by atoms with Gasteiger partial charge in [-0.15, -0.1) is 0 Å². The average Bonchev–Trinajstić information content (AvgIpc) is 2.67. The lowest BCUT2D eigenvalue weighted by molar-refractivity contribution is -0.151. The van der Waals surface area contributed by atoms with Gasteiger partial charge in [0.05, 0.1) is 19.3 Å². The molecule has 0 bridgehead atoms. The Morgan fingerprint density at radius 3 is 2.48 bits per heavy atom. The summed E-state index contributed by atoms with van der Waals surface area (Å²) in [7, 11) is 1.25. The highest BCUT2D eigenvalue weighted by Gasteiger charge is 2.47. The second-order valence-electron chi connectivity index (χ2n) is 7.31. The van der Waals surface area contributed by atoms with Crippen molar-refractivity contribution in [1.82, 2.24) is 5.32 Å². The van der Waals surface area contributed by atoms with Gasteiger partial charge in [-0.3, -0.25) is 9.59 Å². The monoisotopic (exact) mass is 401 g/mol. The van der Waals surface area contributed by atoms with E-state index in [9.17, 15) is 18.8 Å². The lowest BCUT2D eigenvalue weighted by atomic mass is 9.69. The number of hydrogen-bond acceptors (Lipinski definition) is 6. The highest BCUT2D eigenvalue weighted by Crippen LogP contribution is 2.45. The van der Waals surface area contributed by atoms with E-state index in [2.05, 4.69) is 5.32 Å². The van der Waals surface area contributed by atoms with Gasteiger partial charge < -0.3 is 14.8 Å². The number of rotatable bonds is 4. The van der Waals surface area contributed by atoms with Crippen molar-refractivity contribution in [2.24, 2.45) is 11.8 Å². The summed E-state index contributed by atoms with van der Waals surface area (Å²) in [6.45, 7) is 5.43. The van der Waals surface area contributed by atoms with Gasteiger partial charge in [-0.1, -0.05) is 19.1 Å². The molecule has 0 amide bonds. The number of carbonyl (C=O) groups excluding carboxylic acids is 3. The number of carbonyl (C=O) groups is 3. The smallest absolute Gasteiger partial charge is 0.336 e. The van der Waals surface area contributed by atoms with Gasteiger partial charge in [-0.05, 0) is 43.9 Å². The summed E-state index contributed by atoms with van der Waals surface area (Å²) >= 11 is 0. The highest BCUT2D eigenvalue weighted by molar-refractivity contribution is 6.12. The fourth-order valence-electron chi connectivity index (χ4n) is 4.15. The molecule has 1 aromatic carbocycles. The van der Waals surface area contributed by atoms with Gasteiger partial charge in [0.25, 0.3) is 0 Å². The summed E-state index contributed by atoms with van der Waals surface area (Å²) in [4.78, 5) is 38.5. The molecule has 1 N–H and O–H groups in total. The molecule has 29 heavy (non-hydrogen) atoms. The predicted molar refractivity (Wildman–Crippen MR) is 103 cm³/mol. The largest absolute Gasteiger partial charge is 0.468 e. The molecule has 1 aliphatic carbocycles. The van der Waals surface area contributed by atoms with Crippen molar-refractivity contribution >= 4 is 17.7 Å². The van der Waals surface area contributed by atoms with Gasteiger partial charge in [-0.25, -0.2) is 9.18 Å². The molecule has 0 saturated heterocycles. The Labute approximate surface area is 168 Å². The van der Waals surface area contributed by atoms with Crippen LogP contribution in [0.2, 0.25) is 0 Å². The van der Waals surface area contributed by atoms with E-state index in [1.54, 1.807) is 26.0 Å². The molecule has 154 valence electrons. The van der Waals surface area contributed by atoms with Crippen LogP contribution in [0.4, 0.5) is 4.39 Å². The van der Waals surface area contributed by atoms with Gasteiger partial charge in [0, 0.05) is 22.9 Å². The van der Waals surface area contributed by atoms with Crippen LogP contribution in [0.25, 0.3) is 0 Å². The number of methoxy groups -OCH3 is 1. The molecule has 0 spiro atoms. The second-order valence-corrected chi connectivity index (χ2v) is 7.31. The van der Waals surface area contributed by atoms with Crippen LogP contribution in [0.3, 0.4) is 0 Å². The number of halogens is 1. The number of Topliss-reactive ketones (excluding diaryl/α,β-unsaturated/α-hetero) is 1. The number of benzene rings is 1. The Morgan fingerprint density at radius 2 is 1.90 bits per heavy atom. The Bertz CT molecular complexity index is 916. The Morgan fingerprint density at radius 1 is 1.24 bits per heavy atom. The number of allylic oxidation sites excluding steroid dienone is 3. The van der Waals surface area contributed by atoms with Crippen LogP contribution in [-0.2, 0) is 23.9 Å². The Hall–Kier alpha value is -2.96. The van der Waals surface area contributed by atoms with Gasteiger partial charge in [0.1, 0.15) is 11.7 Å². The van der Waals surface area contributed by atoms with E-state index in [-0.39, 0.29) is 23.9 Å². The fraction of sp³-hybridized carbons (Fsp3) is 0.409. The zero-order valence-electron chi connectivity index (χ0n) is 16.9. The molecule has 3 rings (SSSR count). The van der Waals surface area contributed by atoms with Crippen molar-refractivity contribution in [2.45, 2.75) is 33.1 Å². The van der Waals surface area contributed by atoms with E-state index in [0.717, 1.165) is 0 Å². The third-order valence-electron chi connectivity index (χ3n) is 5.44. The molecule has 3 atom stereocenters. The molecule has 0 fully saturated rings. The van der Waals surface area contributed by atoms with Crippen molar-refractivity contribution in [2.75, 3.05) is 13.7 Å². The topological polar surface area (TPSA) is 81.7 Å². The summed E-state index contributed by atoms with van der Waals surface area (Å²) in [5.41, 5.74) is 2.44. The minimum Gasteiger partial charge on any atom is -0.468 e. The van der Waals surface area contributed by atoms with Crippen LogP contribution in [0.15, 0.2) is 46.8 Å². The number of ether oxygens (including phenoxy) is 2. The summed E-state index contributed by atoms with van der Waals surface area (Å²) < 4.78 is 23.6. The van der Waals surface area contributed by atoms with E-state index in [1.165, 1.54) is 19.2 Å². The lowest BCUT2D eigenvalue weighted by Gasteiger charge is -2.38. The number of esters is 2. The minimum absolute atomic E-state index is 0.174. The minimum atomic E-state index is -0.953. The van der Waals surface area contributed by atoms with E-state index < -0.39 is 29.6 Å². The molecule has 0 saturated carbocycles. The molecular formula is C22H24FNO5. The van der Waals surface area contributed by atoms with Gasteiger partial charge in [-0.2, -0.15) is 0 Å². The summed E-state index contributed by atoms with van der Waals surface area (Å²) in [5.74, 6) is -3.93. The predicted octanol–water partition coefficient (Wildman–Crippen LogP) is 3.00. The Balaban J connectivity index is 2.18. The van der Waals surface area contributed by atoms with Crippen LogP contribution in [0, 0.1) is 17.7 Å². The molecule has 1 aromatic rings. The van der Waals surface area contributed by atoms with Crippen LogP contribution < -0.4 is 5.32 Å². The zero-order chi connectivity index (χ0) is 21.3. The van der Waals surface area contributed by atoms with Crippen molar-refractivity contribution in [1.29, 1.82) is 0 Å². The maximum Gasteiger partial charge on any atom is 0.336 e. The first kappa shape index (κ1) is 20.8. The van der Waals surface area contributed by atoms with E-state index in [1.807, 2.05) is 6.92 Å². The average molecular weight is 401 g/mol. The first-order valence-corrected chi connectivity index (χ1v) is 9.55. The highest BCUT2D eigenvalue weighted by atomic mass is 19.1. The van der Waals surface area contributed by atoms with Gasteiger partial charge in [0.2, 0.25) is 0 Å². The van der Waals surface area contributed by atoms with E-state index in [4.69, 9.17) is 9.47 Å². The quantitative estimate of drug-likeness (QED) is 0.617. The molecule has 2 aliphatic rings. The summed E-state index contributed by atoms with van der Waals surface area (Å²) in [6.07, 6.45) is 0.450. The summed E-state index contributed by atoms with van der Waals surface area (Å²) in [5, 5.41) is 3.17. The third-order valence-corrected chi connectivity index (χ3v) is 5.44. The number of dihydropyridines is 1. The molecule has 1 heterocycles. The Kier molecular flexibility index (Phi) is 5.86. The standard InChI is InChI=1S/C22H24FNO5/c1-5-29-22(27)17-12(3)24-15-10-11(2)16(21(26)28-4)20(25)19(15)18(17)13-6-8-14(23)9-7-13/h6-9,11,16,18,24H,5,10H2,1-4H3/t11-,16-,18-/m1/s1. The first-order chi connectivity index (χ1) is 13.8. The molecule has 0 aromatic heterocycles. The molecular weight excluding hydrogens is 377 g/mol. The van der Waals surface area contributed by atoms with E-state index >= 15 is 0 Å². The number of nitrogens with one attached hydrogen (secondary N) is 1. The first-order valence-electron chi connectivity index (χ1n) is 9.55. The normalized spacial score (nSPS) is 24.0. The van der Waals surface area contributed by atoms with Gasteiger partial charge >= 0.3 is 11.9 Å². The molecule has 0 unspecified atom stereocenters. The summed E-state index contributed by atoms with van der Waals surface area (Å²) in [6, 6.07) is 5.65. The van der Waals surface area contributed by atoms with Crippen LogP contribution >= 0.6 is 0 Å². The maximum atomic E-state index is 13.5. The molecule has 7 heteroatoms. The fourth-order valence-corrected chi connectivity index (χ4v) is 4.15. The van der Waals surface area contributed by atoms with Crippen molar-refractivity contribution < 1.29 is 28.2 Å². The number of ketones is 1. The maximum absolute atomic E-state index is 13.5. The SMILES string of the molecule is CCOC(=O)C1=C(C)NC2=C(C(=O)[C@H](C(=O)OC)[C@H](C)C2)[C@@H]1c1ccc(F)cc1. The van der Waals surface area contributed by atoms with E-state index in [0.29, 0.717) is 29.0 Å². The third kappa shape index (κ3) is 3.69. The zero-order valence-corrected chi connectivity index (χ0v) is 16.9. The van der Waals surface area contributed by atoms with Gasteiger partial charge in [0.15, 0.2) is 5.78 Å². The second kappa shape index (κ2) is 8.19. The van der Waals surface area contributed by atoms with Crippen molar-refractivity contribution in [3.63, 3.8) is 0 Å².